The number of amides is 1. The lowest BCUT2D eigenvalue weighted by Gasteiger charge is -2.31. The Hall–Kier alpha value is -2.43. The van der Waals surface area contributed by atoms with Gasteiger partial charge in [0.25, 0.3) is 5.91 Å². The van der Waals surface area contributed by atoms with Crippen molar-refractivity contribution in [3.05, 3.63) is 42.1 Å². The average Bonchev–Trinajstić information content (AvgIpc) is 3.46. The minimum atomic E-state index is -0.0892. The minimum Gasteiger partial charge on any atom is -0.356 e. The van der Waals surface area contributed by atoms with Gasteiger partial charge in [0.15, 0.2) is 5.82 Å². The van der Waals surface area contributed by atoms with Gasteiger partial charge in [-0.1, -0.05) is 37.3 Å². The molecular weight excluding hydrogens is 312 g/mol. The van der Waals surface area contributed by atoms with Crippen LogP contribution >= 0.6 is 0 Å². The van der Waals surface area contributed by atoms with Gasteiger partial charge in [-0.2, -0.15) is 0 Å². The van der Waals surface area contributed by atoms with E-state index in [1.807, 2.05) is 36.4 Å². The highest BCUT2D eigenvalue weighted by atomic mass is 16.2. The van der Waals surface area contributed by atoms with Gasteiger partial charge in [0.2, 0.25) is 0 Å². The Balaban J connectivity index is 1.68. The molecule has 1 saturated heterocycles. The van der Waals surface area contributed by atoms with E-state index in [0.717, 1.165) is 56.1 Å². The summed E-state index contributed by atoms with van der Waals surface area (Å²) in [6.45, 7) is 4.26. The van der Waals surface area contributed by atoms with Gasteiger partial charge in [-0.15, -0.1) is 0 Å². The quantitative estimate of drug-likeness (QED) is 0.931. The van der Waals surface area contributed by atoms with Crippen molar-refractivity contribution in [3.8, 4) is 11.4 Å². The number of piperidine rings is 1. The predicted octanol–water partition coefficient (Wildman–Crippen LogP) is 3.27. The van der Waals surface area contributed by atoms with Gasteiger partial charge < -0.3 is 10.2 Å². The van der Waals surface area contributed by atoms with Crippen LogP contribution in [0.5, 0.6) is 0 Å². The number of nitrogens with zero attached hydrogens (tertiary/aromatic N) is 3. The Morgan fingerprint density at radius 1 is 1.08 bits per heavy atom. The molecular formula is C20H24N4O. The first-order chi connectivity index (χ1) is 12.2. The zero-order valence-electron chi connectivity index (χ0n) is 14.6. The van der Waals surface area contributed by atoms with E-state index < -0.39 is 0 Å². The van der Waals surface area contributed by atoms with Crippen LogP contribution in [0.25, 0.3) is 11.4 Å². The predicted molar refractivity (Wildman–Crippen MR) is 98.6 cm³/mol. The topological polar surface area (TPSA) is 58.1 Å². The standard InChI is InChI=1S/C20H24N4O/c1-14-9-11-24(12-10-14)18-13-17(20(25)21-16-7-8-16)22-19(23-18)15-5-3-2-4-6-15/h2-6,13-14,16H,7-12H2,1H3,(H,21,25). The van der Waals surface area contributed by atoms with Gasteiger partial charge >= 0.3 is 0 Å². The summed E-state index contributed by atoms with van der Waals surface area (Å²) in [6, 6.07) is 12.1. The highest BCUT2D eigenvalue weighted by molar-refractivity contribution is 5.93. The van der Waals surface area contributed by atoms with Crippen molar-refractivity contribution in [3.63, 3.8) is 0 Å². The molecule has 2 fully saturated rings. The van der Waals surface area contributed by atoms with Crippen LogP contribution in [0.3, 0.4) is 0 Å². The second-order valence-corrected chi connectivity index (χ2v) is 7.22. The molecule has 1 aromatic heterocycles. The Kier molecular flexibility index (Phi) is 4.38. The molecule has 2 aromatic rings. The maximum atomic E-state index is 12.5. The van der Waals surface area contributed by atoms with Crippen molar-refractivity contribution in [2.45, 2.75) is 38.6 Å². The molecule has 0 atom stereocenters. The van der Waals surface area contributed by atoms with E-state index >= 15 is 0 Å². The number of hydrogen-bond donors (Lipinski definition) is 1. The zero-order chi connectivity index (χ0) is 17.2. The highest BCUT2D eigenvalue weighted by Crippen LogP contribution is 2.25. The van der Waals surface area contributed by atoms with Gasteiger partial charge in [-0.05, 0) is 31.6 Å². The van der Waals surface area contributed by atoms with Crippen LogP contribution in [0.4, 0.5) is 5.82 Å². The van der Waals surface area contributed by atoms with Crippen molar-refractivity contribution in [1.29, 1.82) is 0 Å². The maximum absolute atomic E-state index is 12.5. The second-order valence-electron chi connectivity index (χ2n) is 7.22. The van der Waals surface area contributed by atoms with Gasteiger partial charge in [-0.25, -0.2) is 9.97 Å². The summed E-state index contributed by atoms with van der Waals surface area (Å²) in [7, 11) is 0. The van der Waals surface area contributed by atoms with E-state index in [4.69, 9.17) is 4.98 Å². The summed E-state index contributed by atoms with van der Waals surface area (Å²) >= 11 is 0. The van der Waals surface area contributed by atoms with E-state index in [0.29, 0.717) is 17.6 Å². The van der Waals surface area contributed by atoms with Crippen molar-refractivity contribution in [2.75, 3.05) is 18.0 Å². The van der Waals surface area contributed by atoms with Crippen molar-refractivity contribution in [2.24, 2.45) is 5.92 Å². The number of carbonyl (C=O) groups is 1. The third-order valence-corrected chi connectivity index (χ3v) is 5.00. The van der Waals surface area contributed by atoms with Crippen LogP contribution in [-0.2, 0) is 0 Å². The summed E-state index contributed by atoms with van der Waals surface area (Å²) < 4.78 is 0. The Bertz CT molecular complexity index is 750. The first-order valence-corrected chi connectivity index (χ1v) is 9.19. The lowest BCUT2D eigenvalue weighted by molar-refractivity contribution is 0.0946. The van der Waals surface area contributed by atoms with Crippen LogP contribution in [0.2, 0.25) is 0 Å². The Morgan fingerprint density at radius 2 is 1.80 bits per heavy atom. The van der Waals surface area contributed by atoms with Crippen molar-refractivity contribution >= 4 is 11.7 Å². The molecule has 0 radical (unpaired) electrons. The molecule has 0 unspecified atom stereocenters. The lowest BCUT2D eigenvalue weighted by Crippen LogP contribution is -2.34. The number of benzene rings is 1. The Labute approximate surface area is 148 Å². The fraction of sp³-hybridized carbons (Fsp3) is 0.450. The minimum absolute atomic E-state index is 0.0892. The Morgan fingerprint density at radius 3 is 2.48 bits per heavy atom. The number of hydrogen-bond acceptors (Lipinski definition) is 4. The molecule has 0 bridgehead atoms. The molecule has 1 aliphatic carbocycles. The van der Waals surface area contributed by atoms with Crippen LogP contribution in [0.1, 0.15) is 43.1 Å². The summed E-state index contributed by atoms with van der Waals surface area (Å²) in [5, 5.41) is 3.04. The van der Waals surface area contributed by atoms with Gasteiger partial charge in [0, 0.05) is 30.8 Å². The monoisotopic (exact) mass is 336 g/mol. The van der Waals surface area contributed by atoms with Gasteiger partial charge in [0.05, 0.1) is 0 Å². The third kappa shape index (κ3) is 3.81. The molecule has 0 spiro atoms. The molecule has 1 amide bonds. The number of carbonyl (C=O) groups excluding carboxylic acids is 1. The number of anilines is 1. The fourth-order valence-corrected chi connectivity index (χ4v) is 3.15. The van der Waals surface area contributed by atoms with Gasteiger partial charge in [0.1, 0.15) is 11.5 Å². The molecule has 130 valence electrons. The first-order valence-electron chi connectivity index (χ1n) is 9.19. The second kappa shape index (κ2) is 6.82. The molecule has 25 heavy (non-hydrogen) atoms. The molecule has 5 nitrogen and oxygen atoms in total. The first kappa shape index (κ1) is 16.1. The fourth-order valence-electron chi connectivity index (χ4n) is 3.15. The van der Waals surface area contributed by atoms with Crippen LogP contribution in [-0.4, -0.2) is 35.0 Å². The van der Waals surface area contributed by atoms with Crippen molar-refractivity contribution < 1.29 is 4.79 Å². The van der Waals surface area contributed by atoms with Gasteiger partial charge in [-0.3, -0.25) is 4.79 Å². The van der Waals surface area contributed by atoms with Crippen LogP contribution in [0, 0.1) is 5.92 Å². The molecule has 1 saturated carbocycles. The lowest BCUT2D eigenvalue weighted by atomic mass is 9.99. The number of rotatable bonds is 4. The van der Waals surface area contributed by atoms with E-state index in [2.05, 4.69) is 22.1 Å². The molecule has 1 aromatic carbocycles. The molecule has 2 heterocycles. The summed E-state index contributed by atoms with van der Waals surface area (Å²) in [4.78, 5) is 24.1. The SMILES string of the molecule is CC1CCN(c2cc(C(=O)NC3CC3)nc(-c3ccccc3)n2)CC1. The largest absolute Gasteiger partial charge is 0.356 e. The van der Waals surface area contributed by atoms with Crippen molar-refractivity contribution in [1.82, 2.24) is 15.3 Å². The highest BCUT2D eigenvalue weighted by Gasteiger charge is 2.26. The third-order valence-electron chi connectivity index (χ3n) is 5.00. The normalized spacial score (nSPS) is 18.2. The van der Waals surface area contributed by atoms with E-state index in [1.165, 1.54) is 0 Å². The summed E-state index contributed by atoms with van der Waals surface area (Å²) in [6.07, 6.45) is 4.46. The molecule has 5 heteroatoms. The molecule has 4 rings (SSSR count). The average molecular weight is 336 g/mol. The van der Waals surface area contributed by atoms with E-state index in [9.17, 15) is 4.79 Å². The molecule has 2 aliphatic rings. The number of aromatic nitrogens is 2. The zero-order valence-corrected chi connectivity index (χ0v) is 14.6. The summed E-state index contributed by atoms with van der Waals surface area (Å²) in [5.74, 6) is 2.15. The smallest absolute Gasteiger partial charge is 0.270 e. The van der Waals surface area contributed by atoms with E-state index in [1.54, 1.807) is 0 Å². The number of nitrogens with one attached hydrogen (secondary N) is 1. The maximum Gasteiger partial charge on any atom is 0.270 e. The summed E-state index contributed by atoms with van der Waals surface area (Å²) in [5.41, 5.74) is 1.41. The van der Waals surface area contributed by atoms with Crippen LogP contribution < -0.4 is 10.2 Å². The van der Waals surface area contributed by atoms with Crippen LogP contribution in [0.15, 0.2) is 36.4 Å². The van der Waals surface area contributed by atoms with E-state index in [-0.39, 0.29) is 5.91 Å². The molecule has 1 N–H and O–H groups in total. The molecule has 1 aliphatic heterocycles.